The number of ether oxygens (including phenoxy) is 1. The molecule has 2 heterocycles. The van der Waals surface area contributed by atoms with Crippen LogP contribution in [0, 0.1) is 5.82 Å². The summed E-state index contributed by atoms with van der Waals surface area (Å²) in [4.78, 5) is 2.61. The van der Waals surface area contributed by atoms with Crippen LogP contribution in [0.3, 0.4) is 0 Å². The zero-order chi connectivity index (χ0) is 19.5. The molecule has 1 aliphatic rings. The fraction of sp³-hybridized carbons (Fsp3) is 0.435. The molecule has 0 bridgehead atoms. The summed E-state index contributed by atoms with van der Waals surface area (Å²) in [5.41, 5.74) is 2.10. The lowest BCUT2D eigenvalue weighted by Gasteiger charge is -2.39. The quantitative estimate of drug-likeness (QED) is 0.515. The third kappa shape index (κ3) is 4.04. The molecule has 0 amide bonds. The van der Waals surface area contributed by atoms with Gasteiger partial charge in [0.25, 0.3) is 0 Å². The van der Waals surface area contributed by atoms with Crippen molar-refractivity contribution in [1.82, 2.24) is 10.1 Å². The van der Waals surface area contributed by atoms with E-state index in [-0.39, 0.29) is 5.82 Å². The number of aromatic nitrogens is 1. The van der Waals surface area contributed by atoms with Crippen LogP contribution in [0.25, 0.3) is 22.2 Å². The molecule has 1 saturated heterocycles. The second-order valence-electron chi connectivity index (χ2n) is 7.76. The summed E-state index contributed by atoms with van der Waals surface area (Å²) >= 11 is 0. The van der Waals surface area contributed by atoms with Crippen LogP contribution in [0.15, 0.2) is 47.0 Å². The summed E-state index contributed by atoms with van der Waals surface area (Å²) in [5.74, 6) is 0.523. The lowest BCUT2D eigenvalue weighted by Crippen LogP contribution is -2.44. The SMILES string of the molecule is CC1CCCC(C)N1CCCOc1ccc(-c2noc3cc(F)ccc23)cc1. The van der Waals surface area contributed by atoms with Gasteiger partial charge in [-0.25, -0.2) is 4.39 Å². The number of piperidine rings is 1. The van der Waals surface area contributed by atoms with E-state index in [4.69, 9.17) is 9.26 Å². The molecular formula is C23H27FN2O2. The normalized spacial score (nSPS) is 20.5. The lowest BCUT2D eigenvalue weighted by atomic mass is 9.97. The summed E-state index contributed by atoms with van der Waals surface area (Å²) in [5, 5.41) is 4.90. The monoisotopic (exact) mass is 382 g/mol. The van der Waals surface area contributed by atoms with E-state index in [1.165, 1.54) is 31.4 Å². The largest absolute Gasteiger partial charge is 0.494 e. The van der Waals surface area contributed by atoms with Crippen molar-refractivity contribution in [3.05, 3.63) is 48.3 Å². The van der Waals surface area contributed by atoms with Crippen LogP contribution < -0.4 is 4.74 Å². The van der Waals surface area contributed by atoms with Crippen LogP contribution in [0.5, 0.6) is 5.75 Å². The van der Waals surface area contributed by atoms with Gasteiger partial charge in [0.2, 0.25) is 0 Å². The number of halogens is 1. The average Bonchev–Trinajstić information content (AvgIpc) is 3.10. The summed E-state index contributed by atoms with van der Waals surface area (Å²) in [6.07, 6.45) is 4.97. The maximum Gasteiger partial charge on any atom is 0.170 e. The number of likely N-dealkylation sites (tertiary alicyclic amines) is 1. The van der Waals surface area contributed by atoms with Gasteiger partial charge in [-0.15, -0.1) is 0 Å². The Morgan fingerprint density at radius 3 is 2.61 bits per heavy atom. The van der Waals surface area contributed by atoms with Crippen molar-refractivity contribution < 1.29 is 13.7 Å². The first-order valence-corrected chi connectivity index (χ1v) is 10.2. The number of benzene rings is 2. The first kappa shape index (κ1) is 18.9. The van der Waals surface area contributed by atoms with Crippen LogP contribution in [-0.2, 0) is 0 Å². The van der Waals surface area contributed by atoms with Crippen LogP contribution in [0.4, 0.5) is 4.39 Å². The van der Waals surface area contributed by atoms with Gasteiger partial charge < -0.3 is 9.26 Å². The van der Waals surface area contributed by atoms with Gasteiger partial charge in [-0.2, -0.15) is 0 Å². The molecule has 2 aromatic carbocycles. The molecule has 5 heteroatoms. The minimum atomic E-state index is -0.327. The Hall–Kier alpha value is -2.40. The van der Waals surface area contributed by atoms with Crippen LogP contribution >= 0.6 is 0 Å². The average molecular weight is 382 g/mol. The molecule has 0 N–H and O–H groups in total. The van der Waals surface area contributed by atoms with E-state index in [1.54, 1.807) is 6.07 Å². The van der Waals surface area contributed by atoms with Crippen molar-refractivity contribution >= 4 is 11.0 Å². The second-order valence-corrected chi connectivity index (χ2v) is 7.76. The first-order valence-electron chi connectivity index (χ1n) is 10.2. The molecule has 28 heavy (non-hydrogen) atoms. The van der Waals surface area contributed by atoms with Crippen molar-refractivity contribution in [1.29, 1.82) is 0 Å². The zero-order valence-corrected chi connectivity index (χ0v) is 16.5. The maximum atomic E-state index is 13.3. The molecule has 4 nitrogen and oxygen atoms in total. The van der Waals surface area contributed by atoms with Crippen LogP contribution in [0.2, 0.25) is 0 Å². The molecule has 0 saturated carbocycles. The highest BCUT2D eigenvalue weighted by atomic mass is 19.1. The Morgan fingerprint density at radius 1 is 1.11 bits per heavy atom. The predicted molar refractivity (Wildman–Crippen MR) is 109 cm³/mol. The molecule has 1 aliphatic heterocycles. The minimum absolute atomic E-state index is 0.327. The molecule has 1 fully saturated rings. The van der Waals surface area contributed by atoms with Crippen molar-refractivity contribution in [2.45, 2.75) is 51.6 Å². The number of hydrogen-bond acceptors (Lipinski definition) is 4. The number of nitrogens with zero attached hydrogens (tertiary/aromatic N) is 2. The molecular weight excluding hydrogens is 355 g/mol. The van der Waals surface area contributed by atoms with Gasteiger partial charge in [0.15, 0.2) is 5.58 Å². The van der Waals surface area contributed by atoms with Gasteiger partial charge in [-0.05, 0) is 69.5 Å². The van der Waals surface area contributed by atoms with E-state index in [1.807, 2.05) is 24.3 Å². The van der Waals surface area contributed by atoms with E-state index >= 15 is 0 Å². The van der Waals surface area contributed by atoms with Crippen LogP contribution in [0.1, 0.15) is 39.5 Å². The third-order valence-electron chi connectivity index (χ3n) is 5.77. The Kier molecular flexibility index (Phi) is 5.62. The maximum absolute atomic E-state index is 13.3. The van der Waals surface area contributed by atoms with E-state index in [0.717, 1.165) is 35.4 Å². The predicted octanol–water partition coefficient (Wildman–Crippen LogP) is 5.67. The van der Waals surface area contributed by atoms with Crippen molar-refractivity contribution in [3.63, 3.8) is 0 Å². The number of hydrogen-bond donors (Lipinski definition) is 0. The summed E-state index contributed by atoms with van der Waals surface area (Å²) in [7, 11) is 0. The van der Waals surface area contributed by atoms with Crippen molar-refractivity contribution in [2.75, 3.05) is 13.2 Å². The first-order chi connectivity index (χ1) is 13.6. The molecule has 0 spiro atoms. The molecule has 148 valence electrons. The number of fused-ring (bicyclic) bond motifs is 1. The third-order valence-corrected chi connectivity index (χ3v) is 5.77. The van der Waals surface area contributed by atoms with Gasteiger partial charge >= 0.3 is 0 Å². The topological polar surface area (TPSA) is 38.5 Å². The van der Waals surface area contributed by atoms with Gasteiger partial charge in [0, 0.05) is 35.6 Å². The number of rotatable bonds is 6. The fourth-order valence-corrected chi connectivity index (χ4v) is 4.18. The Labute approximate surface area is 165 Å². The molecule has 0 aliphatic carbocycles. The van der Waals surface area contributed by atoms with Gasteiger partial charge in [-0.3, -0.25) is 4.90 Å². The van der Waals surface area contributed by atoms with Crippen LogP contribution in [-0.4, -0.2) is 35.3 Å². The molecule has 4 rings (SSSR count). The molecule has 2 unspecified atom stereocenters. The smallest absolute Gasteiger partial charge is 0.170 e. The van der Waals surface area contributed by atoms with E-state index in [0.29, 0.717) is 24.3 Å². The van der Waals surface area contributed by atoms with Gasteiger partial charge in [0.1, 0.15) is 17.3 Å². The molecule has 0 radical (unpaired) electrons. The second kappa shape index (κ2) is 8.31. The van der Waals surface area contributed by atoms with E-state index < -0.39 is 0 Å². The Bertz CT molecular complexity index is 912. The van der Waals surface area contributed by atoms with Crippen molar-refractivity contribution in [3.8, 4) is 17.0 Å². The highest BCUT2D eigenvalue weighted by Crippen LogP contribution is 2.29. The summed E-state index contributed by atoms with van der Waals surface area (Å²) in [6, 6.07) is 13.6. The summed E-state index contributed by atoms with van der Waals surface area (Å²) < 4.78 is 24.5. The Morgan fingerprint density at radius 2 is 1.86 bits per heavy atom. The van der Waals surface area contributed by atoms with Crippen molar-refractivity contribution in [2.24, 2.45) is 0 Å². The van der Waals surface area contributed by atoms with E-state index in [9.17, 15) is 4.39 Å². The zero-order valence-electron chi connectivity index (χ0n) is 16.5. The highest BCUT2D eigenvalue weighted by Gasteiger charge is 2.23. The standard InChI is InChI=1S/C23H27FN2O2/c1-16-5-3-6-17(2)26(16)13-4-14-27-20-10-7-18(8-11-20)23-21-12-9-19(24)15-22(21)28-25-23/h7-12,15-17H,3-6,13-14H2,1-2H3. The van der Waals surface area contributed by atoms with E-state index in [2.05, 4.69) is 23.9 Å². The fourth-order valence-electron chi connectivity index (χ4n) is 4.18. The summed E-state index contributed by atoms with van der Waals surface area (Å²) in [6.45, 7) is 6.46. The minimum Gasteiger partial charge on any atom is -0.494 e. The molecule has 2 atom stereocenters. The Balaban J connectivity index is 1.33. The molecule has 1 aromatic heterocycles. The highest BCUT2D eigenvalue weighted by molar-refractivity contribution is 5.91. The van der Waals surface area contributed by atoms with Gasteiger partial charge in [-0.1, -0.05) is 11.6 Å². The molecule has 3 aromatic rings. The van der Waals surface area contributed by atoms with Gasteiger partial charge in [0.05, 0.1) is 6.61 Å². The lowest BCUT2D eigenvalue weighted by molar-refractivity contribution is 0.0961.